The third-order valence-corrected chi connectivity index (χ3v) is 3.78. The SMILES string of the molecule is CCCCc1ccc(C(C)Nc2ccccc2OC)cc1. The molecule has 1 N–H and O–H groups in total. The summed E-state index contributed by atoms with van der Waals surface area (Å²) in [5.41, 5.74) is 3.74. The normalized spacial score (nSPS) is 12.0. The molecule has 0 aliphatic carbocycles. The van der Waals surface area contributed by atoms with Crippen LogP contribution in [0, 0.1) is 0 Å². The number of anilines is 1. The van der Waals surface area contributed by atoms with Gasteiger partial charge in [-0.15, -0.1) is 0 Å². The number of rotatable bonds is 7. The highest BCUT2D eigenvalue weighted by atomic mass is 16.5. The molecule has 21 heavy (non-hydrogen) atoms. The van der Waals surface area contributed by atoms with Gasteiger partial charge in [0.15, 0.2) is 0 Å². The molecule has 0 aliphatic rings. The van der Waals surface area contributed by atoms with Crippen LogP contribution in [0.1, 0.15) is 43.9 Å². The maximum atomic E-state index is 5.38. The molecule has 112 valence electrons. The van der Waals surface area contributed by atoms with Gasteiger partial charge in [-0.1, -0.05) is 49.7 Å². The minimum atomic E-state index is 0.251. The van der Waals surface area contributed by atoms with Gasteiger partial charge in [0.05, 0.1) is 12.8 Å². The van der Waals surface area contributed by atoms with E-state index in [-0.39, 0.29) is 6.04 Å². The summed E-state index contributed by atoms with van der Waals surface area (Å²) in [6, 6.07) is 17.2. The zero-order valence-corrected chi connectivity index (χ0v) is 13.2. The van der Waals surface area contributed by atoms with Gasteiger partial charge in [-0.05, 0) is 43.0 Å². The summed E-state index contributed by atoms with van der Waals surface area (Å²) in [5.74, 6) is 0.879. The van der Waals surface area contributed by atoms with E-state index in [4.69, 9.17) is 4.74 Å². The van der Waals surface area contributed by atoms with Gasteiger partial charge in [-0.25, -0.2) is 0 Å². The highest BCUT2D eigenvalue weighted by Crippen LogP contribution is 2.27. The molecule has 2 aromatic rings. The summed E-state index contributed by atoms with van der Waals surface area (Å²) in [5, 5.41) is 3.52. The minimum Gasteiger partial charge on any atom is -0.495 e. The molecular formula is C19H25NO. The van der Waals surface area contributed by atoms with Crippen molar-refractivity contribution in [2.24, 2.45) is 0 Å². The van der Waals surface area contributed by atoms with Crippen molar-refractivity contribution in [3.8, 4) is 5.75 Å². The molecule has 0 amide bonds. The Hall–Kier alpha value is -1.96. The number of aryl methyl sites for hydroxylation is 1. The molecule has 2 heteroatoms. The molecule has 0 bridgehead atoms. The molecule has 0 fully saturated rings. The van der Waals surface area contributed by atoms with Crippen LogP contribution in [-0.4, -0.2) is 7.11 Å². The predicted octanol–water partition coefficient (Wildman–Crippen LogP) is 5.21. The van der Waals surface area contributed by atoms with E-state index in [1.165, 1.54) is 30.4 Å². The Kier molecular flexibility index (Phi) is 5.68. The van der Waals surface area contributed by atoms with Crippen molar-refractivity contribution in [1.82, 2.24) is 0 Å². The van der Waals surface area contributed by atoms with Crippen LogP contribution in [0.4, 0.5) is 5.69 Å². The van der Waals surface area contributed by atoms with Gasteiger partial charge in [0.1, 0.15) is 5.75 Å². The van der Waals surface area contributed by atoms with E-state index in [0.717, 1.165) is 11.4 Å². The lowest BCUT2D eigenvalue weighted by molar-refractivity contribution is 0.416. The Balaban J connectivity index is 2.04. The molecule has 1 atom stereocenters. The lowest BCUT2D eigenvalue weighted by Gasteiger charge is -2.18. The average molecular weight is 283 g/mol. The van der Waals surface area contributed by atoms with Gasteiger partial charge in [-0.3, -0.25) is 0 Å². The second-order valence-corrected chi connectivity index (χ2v) is 5.41. The Bertz CT molecular complexity index is 548. The molecule has 0 saturated carbocycles. The number of nitrogens with one attached hydrogen (secondary N) is 1. The molecule has 2 rings (SSSR count). The number of hydrogen-bond acceptors (Lipinski definition) is 2. The fraction of sp³-hybridized carbons (Fsp3) is 0.368. The molecule has 0 radical (unpaired) electrons. The first-order chi connectivity index (χ1) is 10.2. The van der Waals surface area contributed by atoms with Gasteiger partial charge < -0.3 is 10.1 Å². The molecule has 0 heterocycles. The molecule has 0 spiro atoms. The predicted molar refractivity (Wildman–Crippen MR) is 90.1 cm³/mol. The van der Waals surface area contributed by atoms with E-state index in [1.54, 1.807) is 7.11 Å². The molecule has 1 unspecified atom stereocenters. The topological polar surface area (TPSA) is 21.3 Å². The zero-order valence-electron chi connectivity index (χ0n) is 13.2. The lowest BCUT2D eigenvalue weighted by atomic mass is 10.0. The number of hydrogen-bond donors (Lipinski definition) is 1. The van der Waals surface area contributed by atoms with Crippen molar-refractivity contribution < 1.29 is 4.74 Å². The van der Waals surface area contributed by atoms with Crippen molar-refractivity contribution in [2.75, 3.05) is 12.4 Å². The van der Waals surface area contributed by atoms with Crippen LogP contribution in [0.25, 0.3) is 0 Å². The molecule has 0 saturated heterocycles. The maximum Gasteiger partial charge on any atom is 0.141 e. The van der Waals surface area contributed by atoms with Gasteiger partial charge in [-0.2, -0.15) is 0 Å². The van der Waals surface area contributed by atoms with Gasteiger partial charge in [0, 0.05) is 6.04 Å². The minimum absolute atomic E-state index is 0.251. The second kappa shape index (κ2) is 7.72. The molecule has 0 aliphatic heterocycles. The largest absolute Gasteiger partial charge is 0.495 e. The van der Waals surface area contributed by atoms with Crippen LogP contribution in [0.3, 0.4) is 0 Å². The third kappa shape index (κ3) is 4.25. The van der Waals surface area contributed by atoms with E-state index in [1.807, 2.05) is 24.3 Å². The van der Waals surface area contributed by atoms with E-state index in [2.05, 4.69) is 43.4 Å². The second-order valence-electron chi connectivity index (χ2n) is 5.41. The zero-order chi connectivity index (χ0) is 15.1. The van der Waals surface area contributed by atoms with Crippen LogP contribution >= 0.6 is 0 Å². The molecule has 2 nitrogen and oxygen atoms in total. The van der Waals surface area contributed by atoms with Crippen LogP contribution in [0.2, 0.25) is 0 Å². The highest BCUT2D eigenvalue weighted by Gasteiger charge is 2.08. The van der Waals surface area contributed by atoms with Crippen LogP contribution < -0.4 is 10.1 Å². The average Bonchev–Trinajstić information content (AvgIpc) is 2.54. The smallest absolute Gasteiger partial charge is 0.141 e. The summed E-state index contributed by atoms with van der Waals surface area (Å²) in [6.45, 7) is 4.40. The fourth-order valence-electron chi connectivity index (χ4n) is 2.43. The van der Waals surface area contributed by atoms with Gasteiger partial charge in [0.2, 0.25) is 0 Å². The fourth-order valence-corrected chi connectivity index (χ4v) is 2.43. The number of para-hydroxylation sites is 2. The number of ether oxygens (including phenoxy) is 1. The molecule has 2 aromatic carbocycles. The number of unbranched alkanes of at least 4 members (excludes halogenated alkanes) is 1. The standard InChI is InChI=1S/C19H25NO/c1-4-5-8-16-11-13-17(14-12-16)15(2)20-18-9-6-7-10-19(18)21-3/h6-7,9-15,20H,4-5,8H2,1-3H3. The number of methoxy groups -OCH3 is 1. The van der Waals surface area contributed by atoms with Crippen molar-refractivity contribution in [2.45, 2.75) is 39.2 Å². The Morgan fingerprint density at radius 2 is 1.76 bits per heavy atom. The van der Waals surface area contributed by atoms with Gasteiger partial charge >= 0.3 is 0 Å². The highest BCUT2D eigenvalue weighted by molar-refractivity contribution is 5.57. The summed E-state index contributed by atoms with van der Waals surface area (Å²) in [4.78, 5) is 0. The summed E-state index contributed by atoms with van der Waals surface area (Å²) in [6.07, 6.45) is 3.67. The first-order valence-corrected chi connectivity index (χ1v) is 7.73. The van der Waals surface area contributed by atoms with Crippen molar-refractivity contribution in [3.63, 3.8) is 0 Å². The number of benzene rings is 2. The van der Waals surface area contributed by atoms with Crippen molar-refractivity contribution >= 4 is 5.69 Å². The molecule has 0 aromatic heterocycles. The van der Waals surface area contributed by atoms with E-state index in [9.17, 15) is 0 Å². The Morgan fingerprint density at radius 1 is 1.05 bits per heavy atom. The van der Waals surface area contributed by atoms with Crippen LogP contribution in [0.15, 0.2) is 48.5 Å². The first kappa shape index (κ1) is 15.4. The van der Waals surface area contributed by atoms with E-state index in [0.29, 0.717) is 0 Å². The monoisotopic (exact) mass is 283 g/mol. The first-order valence-electron chi connectivity index (χ1n) is 7.73. The summed E-state index contributed by atoms with van der Waals surface area (Å²) < 4.78 is 5.38. The van der Waals surface area contributed by atoms with Crippen molar-refractivity contribution in [3.05, 3.63) is 59.7 Å². The third-order valence-electron chi connectivity index (χ3n) is 3.78. The Morgan fingerprint density at radius 3 is 2.43 bits per heavy atom. The Labute approximate surface area is 128 Å². The summed E-state index contributed by atoms with van der Waals surface area (Å²) in [7, 11) is 1.70. The van der Waals surface area contributed by atoms with E-state index >= 15 is 0 Å². The quantitative estimate of drug-likeness (QED) is 0.753. The maximum absolute atomic E-state index is 5.38. The van der Waals surface area contributed by atoms with Crippen LogP contribution in [-0.2, 0) is 6.42 Å². The summed E-state index contributed by atoms with van der Waals surface area (Å²) >= 11 is 0. The lowest BCUT2D eigenvalue weighted by Crippen LogP contribution is -2.07. The van der Waals surface area contributed by atoms with E-state index < -0.39 is 0 Å². The molecular weight excluding hydrogens is 258 g/mol. The van der Waals surface area contributed by atoms with Gasteiger partial charge in [0.25, 0.3) is 0 Å². The van der Waals surface area contributed by atoms with Crippen LogP contribution in [0.5, 0.6) is 5.75 Å². The van der Waals surface area contributed by atoms with Crippen molar-refractivity contribution in [1.29, 1.82) is 0 Å².